The van der Waals surface area contributed by atoms with Crippen LogP contribution >= 0.6 is 0 Å². The minimum Gasteiger partial charge on any atom is -0.382 e. The molecule has 0 radical (unpaired) electrons. The van der Waals surface area contributed by atoms with E-state index in [1.807, 2.05) is 24.3 Å². The Balaban J connectivity index is 1.93. The van der Waals surface area contributed by atoms with Gasteiger partial charge in [0.2, 0.25) is 0 Å². The Kier molecular flexibility index (Phi) is 5.62. The average Bonchev–Trinajstić information content (AvgIpc) is 2.54. The van der Waals surface area contributed by atoms with Gasteiger partial charge in [0.15, 0.2) is 0 Å². The van der Waals surface area contributed by atoms with Gasteiger partial charge < -0.3 is 15.5 Å². The lowest BCUT2D eigenvalue weighted by molar-refractivity contribution is 0.0963. The molecule has 1 unspecified atom stereocenters. The molecule has 0 saturated carbocycles. The van der Waals surface area contributed by atoms with Crippen molar-refractivity contribution in [2.24, 2.45) is 5.92 Å². The largest absolute Gasteiger partial charge is 0.382 e. The molecule has 21 heavy (non-hydrogen) atoms. The first-order valence-electron chi connectivity index (χ1n) is 7.95. The molecule has 1 aliphatic heterocycles. The van der Waals surface area contributed by atoms with Gasteiger partial charge in [0.25, 0.3) is 5.91 Å². The van der Waals surface area contributed by atoms with E-state index in [1.54, 1.807) is 7.05 Å². The summed E-state index contributed by atoms with van der Waals surface area (Å²) in [5, 5.41) is 6.23. The number of nitrogens with one attached hydrogen (secondary N) is 2. The van der Waals surface area contributed by atoms with E-state index >= 15 is 0 Å². The van der Waals surface area contributed by atoms with Crippen molar-refractivity contribution in [1.82, 2.24) is 10.2 Å². The number of carbonyl (C=O) groups is 1. The molecule has 4 nitrogen and oxygen atoms in total. The molecule has 2 N–H and O–H groups in total. The molecule has 0 aliphatic carbocycles. The Labute approximate surface area is 127 Å². The van der Waals surface area contributed by atoms with E-state index in [0.717, 1.165) is 12.2 Å². The van der Waals surface area contributed by atoms with E-state index in [1.165, 1.54) is 25.9 Å². The minimum atomic E-state index is -0.0393. The summed E-state index contributed by atoms with van der Waals surface area (Å²) in [5.41, 5.74) is 1.73. The number of hydrogen-bond donors (Lipinski definition) is 2. The Morgan fingerprint density at radius 1 is 1.38 bits per heavy atom. The van der Waals surface area contributed by atoms with Gasteiger partial charge in [-0.2, -0.15) is 0 Å². The Bertz CT molecular complexity index is 467. The highest BCUT2D eigenvalue weighted by Gasteiger charge is 2.23. The number of nitrogens with zero attached hydrogens (tertiary/aromatic N) is 1. The van der Waals surface area contributed by atoms with Crippen LogP contribution < -0.4 is 10.6 Å². The third-order valence-electron chi connectivity index (χ3n) is 4.53. The number of anilines is 1. The Morgan fingerprint density at radius 2 is 2.10 bits per heavy atom. The summed E-state index contributed by atoms with van der Waals surface area (Å²) in [6.45, 7) is 8.03. The lowest BCUT2D eigenvalue weighted by Gasteiger charge is -2.34. The summed E-state index contributed by atoms with van der Waals surface area (Å²) < 4.78 is 0. The predicted octanol–water partition coefficient (Wildman–Crippen LogP) is 2.58. The number of likely N-dealkylation sites (tertiary alicyclic amines) is 1. The van der Waals surface area contributed by atoms with Crippen LogP contribution in [0.3, 0.4) is 0 Å². The molecule has 116 valence electrons. The molecule has 0 bridgehead atoms. The van der Waals surface area contributed by atoms with Crippen molar-refractivity contribution in [1.29, 1.82) is 0 Å². The van der Waals surface area contributed by atoms with Gasteiger partial charge in [-0.05, 0) is 63.5 Å². The fourth-order valence-electron chi connectivity index (χ4n) is 3.04. The molecule has 0 aromatic heterocycles. The summed E-state index contributed by atoms with van der Waals surface area (Å²) in [7, 11) is 1.66. The van der Waals surface area contributed by atoms with Crippen LogP contribution in [0.15, 0.2) is 24.3 Å². The van der Waals surface area contributed by atoms with Gasteiger partial charge in [0, 0.05) is 24.3 Å². The maximum absolute atomic E-state index is 11.7. The second kappa shape index (κ2) is 7.46. The van der Waals surface area contributed by atoms with Crippen LogP contribution in [-0.4, -0.2) is 43.5 Å². The topological polar surface area (TPSA) is 44.4 Å². The van der Waals surface area contributed by atoms with Crippen LogP contribution in [0.25, 0.3) is 0 Å². The maximum atomic E-state index is 11.7. The normalized spacial score (nSPS) is 18.2. The lowest BCUT2D eigenvalue weighted by Crippen LogP contribution is -2.39. The standard InChI is InChI=1S/C17H27N3O/c1-4-20-10-8-14(9-11-20)13(2)19-16-7-5-6-15(12-16)17(21)18-3/h5-7,12-14,19H,4,8-11H2,1-3H3,(H,18,21). The molecule has 0 spiro atoms. The van der Waals surface area contributed by atoms with Gasteiger partial charge in [0.1, 0.15) is 0 Å². The van der Waals surface area contributed by atoms with Gasteiger partial charge >= 0.3 is 0 Å². The van der Waals surface area contributed by atoms with E-state index in [2.05, 4.69) is 29.4 Å². The van der Waals surface area contributed by atoms with Gasteiger partial charge in [-0.25, -0.2) is 0 Å². The fraction of sp³-hybridized carbons (Fsp3) is 0.588. The van der Waals surface area contributed by atoms with Crippen molar-refractivity contribution < 1.29 is 4.79 Å². The van der Waals surface area contributed by atoms with E-state index in [0.29, 0.717) is 17.5 Å². The third-order valence-corrected chi connectivity index (χ3v) is 4.53. The molecule has 1 amide bonds. The van der Waals surface area contributed by atoms with Crippen LogP contribution in [0.1, 0.15) is 37.0 Å². The first-order chi connectivity index (χ1) is 10.1. The third kappa shape index (κ3) is 4.21. The van der Waals surface area contributed by atoms with Crippen LogP contribution in [0.5, 0.6) is 0 Å². The van der Waals surface area contributed by atoms with Crippen LogP contribution in [0.2, 0.25) is 0 Å². The Hall–Kier alpha value is -1.55. The molecule has 4 heteroatoms. The summed E-state index contributed by atoms with van der Waals surface area (Å²) in [4.78, 5) is 14.2. The molecule has 1 saturated heterocycles. The lowest BCUT2D eigenvalue weighted by atomic mass is 9.90. The number of carbonyl (C=O) groups excluding carboxylic acids is 1. The summed E-state index contributed by atoms with van der Waals surface area (Å²) in [6.07, 6.45) is 2.49. The minimum absolute atomic E-state index is 0.0393. The number of amides is 1. The maximum Gasteiger partial charge on any atom is 0.251 e. The highest BCUT2D eigenvalue weighted by Crippen LogP contribution is 2.23. The van der Waals surface area contributed by atoms with Crippen molar-refractivity contribution in [3.63, 3.8) is 0 Å². The van der Waals surface area contributed by atoms with Crippen LogP contribution in [0.4, 0.5) is 5.69 Å². The molecule has 1 heterocycles. The summed E-state index contributed by atoms with van der Waals surface area (Å²) in [5.74, 6) is 0.666. The zero-order valence-electron chi connectivity index (χ0n) is 13.4. The smallest absolute Gasteiger partial charge is 0.251 e. The van der Waals surface area contributed by atoms with Gasteiger partial charge in [0.05, 0.1) is 0 Å². The van der Waals surface area contributed by atoms with E-state index in [4.69, 9.17) is 0 Å². The summed E-state index contributed by atoms with van der Waals surface area (Å²) >= 11 is 0. The first kappa shape index (κ1) is 15.8. The van der Waals surface area contributed by atoms with E-state index in [9.17, 15) is 4.79 Å². The number of piperidine rings is 1. The van der Waals surface area contributed by atoms with E-state index in [-0.39, 0.29) is 5.91 Å². The van der Waals surface area contributed by atoms with Gasteiger partial charge in [-0.3, -0.25) is 4.79 Å². The van der Waals surface area contributed by atoms with Crippen molar-refractivity contribution in [3.8, 4) is 0 Å². The van der Waals surface area contributed by atoms with Crippen molar-refractivity contribution in [3.05, 3.63) is 29.8 Å². The molecular formula is C17H27N3O. The number of rotatable bonds is 5. The van der Waals surface area contributed by atoms with Crippen LogP contribution in [0, 0.1) is 5.92 Å². The fourth-order valence-corrected chi connectivity index (χ4v) is 3.04. The molecule has 1 aromatic rings. The molecule has 2 rings (SSSR count). The molecular weight excluding hydrogens is 262 g/mol. The van der Waals surface area contributed by atoms with Crippen molar-refractivity contribution in [2.45, 2.75) is 32.7 Å². The monoisotopic (exact) mass is 289 g/mol. The highest BCUT2D eigenvalue weighted by atomic mass is 16.1. The second-order valence-electron chi connectivity index (χ2n) is 5.86. The van der Waals surface area contributed by atoms with Crippen molar-refractivity contribution in [2.75, 3.05) is 32.0 Å². The predicted molar refractivity (Wildman–Crippen MR) is 87.8 cm³/mol. The molecule has 1 atom stereocenters. The number of hydrogen-bond acceptors (Lipinski definition) is 3. The van der Waals surface area contributed by atoms with E-state index < -0.39 is 0 Å². The zero-order chi connectivity index (χ0) is 15.2. The quantitative estimate of drug-likeness (QED) is 0.875. The average molecular weight is 289 g/mol. The molecule has 1 aromatic carbocycles. The SMILES string of the molecule is CCN1CCC(C(C)Nc2cccc(C(=O)NC)c2)CC1. The Morgan fingerprint density at radius 3 is 2.71 bits per heavy atom. The van der Waals surface area contributed by atoms with Crippen LogP contribution in [-0.2, 0) is 0 Å². The van der Waals surface area contributed by atoms with Gasteiger partial charge in [-0.15, -0.1) is 0 Å². The van der Waals surface area contributed by atoms with Gasteiger partial charge in [-0.1, -0.05) is 13.0 Å². The highest BCUT2D eigenvalue weighted by molar-refractivity contribution is 5.94. The second-order valence-corrected chi connectivity index (χ2v) is 5.86. The first-order valence-corrected chi connectivity index (χ1v) is 7.95. The van der Waals surface area contributed by atoms with Crippen molar-refractivity contribution >= 4 is 11.6 Å². The molecule has 1 fully saturated rings. The molecule has 1 aliphatic rings. The number of benzene rings is 1. The summed E-state index contributed by atoms with van der Waals surface area (Å²) in [6, 6.07) is 8.16. The zero-order valence-corrected chi connectivity index (χ0v) is 13.4.